The molecule has 1 aliphatic heterocycles. The van der Waals surface area contributed by atoms with Gasteiger partial charge in [-0.3, -0.25) is 4.79 Å². The topological polar surface area (TPSA) is 54.3 Å². The molecule has 1 fully saturated rings. The quantitative estimate of drug-likeness (QED) is 0.793. The highest BCUT2D eigenvalue weighted by Crippen LogP contribution is 2.14. The minimum Gasteiger partial charge on any atom is -0.469 e. The van der Waals surface area contributed by atoms with Crippen LogP contribution in [-0.2, 0) is 11.2 Å². The van der Waals surface area contributed by atoms with Gasteiger partial charge in [-0.15, -0.1) is 0 Å². The number of furan rings is 1. The Balaban J connectivity index is 1.58. The van der Waals surface area contributed by atoms with E-state index >= 15 is 0 Å². The summed E-state index contributed by atoms with van der Waals surface area (Å²) in [5.74, 6) is 1.85. The van der Waals surface area contributed by atoms with Gasteiger partial charge in [-0.1, -0.05) is 0 Å². The molecular formula is C15H24N2O2. The molecule has 1 aromatic heterocycles. The van der Waals surface area contributed by atoms with Gasteiger partial charge in [-0.2, -0.15) is 0 Å². The summed E-state index contributed by atoms with van der Waals surface area (Å²) in [6, 6.07) is 4.08. The minimum atomic E-state index is 0.179. The number of carbonyl (C=O) groups is 1. The smallest absolute Gasteiger partial charge is 0.220 e. The van der Waals surface area contributed by atoms with Crippen LogP contribution in [0.15, 0.2) is 22.8 Å². The maximum Gasteiger partial charge on any atom is 0.220 e. The number of rotatable bonds is 7. The molecule has 0 spiro atoms. The highest BCUT2D eigenvalue weighted by Gasteiger charge is 2.16. The van der Waals surface area contributed by atoms with E-state index in [1.165, 1.54) is 6.42 Å². The van der Waals surface area contributed by atoms with E-state index in [0.717, 1.165) is 38.1 Å². The third-order valence-corrected chi connectivity index (χ3v) is 3.75. The largest absolute Gasteiger partial charge is 0.469 e. The molecule has 0 saturated carbocycles. The lowest BCUT2D eigenvalue weighted by atomic mass is 10.0. The molecule has 1 amide bonds. The van der Waals surface area contributed by atoms with Crippen molar-refractivity contribution < 1.29 is 9.21 Å². The molecule has 19 heavy (non-hydrogen) atoms. The molecule has 0 bridgehead atoms. The molecule has 0 aromatic carbocycles. The van der Waals surface area contributed by atoms with Gasteiger partial charge in [0.15, 0.2) is 0 Å². The highest BCUT2D eigenvalue weighted by atomic mass is 16.3. The second kappa shape index (κ2) is 7.34. The fraction of sp³-hybridized carbons (Fsp3) is 0.667. The Hall–Kier alpha value is -1.29. The zero-order valence-corrected chi connectivity index (χ0v) is 11.7. The van der Waals surface area contributed by atoms with Crippen LogP contribution in [0, 0.1) is 5.92 Å². The second-order valence-electron chi connectivity index (χ2n) is 5.48. The second-order valence-corrected chi connectivity index (χ2v) is 5.48. The summed E-state index contributed by atoms with van der Waals surface area (Å²) >= 11 is 0. The first-order valence-corrected chi connectivity index (χ1v) is 7.26. The summed E-state index contributed by atoms with van der Waals surface area (Å²) < 4.78 is 5.28. The Morgan fingerprint density at radius 1 is 1.63 bits per heavy atom. The van der Waals surface area contributed by atoms with E-state index < -0.39 is 0 Å². The van der Waals surface area contributed by atoms with Crippen LogP contribution >= 0.6 is 0 Å². The zero-order valence-electron chi connectivity index (χ0n) is 11.7. The molecule has 1 saturated heterocycles. The molecule has 2 atom stereocenters. The minimum absolute atomic E-state index is 0.179. The fourth-order valence-corrected chi connectivity index (χ4v) is 2.53. The maximum atomic E-state index is 11.8. The number of carbonyl (C=O) groups excluding carboxylic acids is 1. The predicted molar refractivity (Wildman–Crippen MR) is 74.8 cm³/mol. The molecule has 2 heterocycles. The van der Waals surface area contributed by atoms with Gasteiger partial charge >= 0.3 is 0 Å². The van der Waals surface area contributed by atoms with Crippen LogP contribution in [0.25, 0.3) is 0 Å². The van der Waals surface area contributed by atoms with Gasteiger partial charge in [-0.05, 0) is 57.3 Å². The molecule has 4 heteroatoms. The van der Waals surface area contributed by atoms with Gasteiger partial charge in [0.1, 0.15) is 5.76 Å². The van der Waals surface area contributed by atoms with E-state index in [4.69, 9.17) is 4.42 Å². The third kappa shape index (κ3) is 5.07. The molecule has 2 rings (SSSR count). The number of amides is 1. The number of aryl methyl sites for hydroxylation is 1. The summed E-state index contributed by atoms with van der Waals surface area (Å²) in [5.41, 5.74) is 0. The van der Waals surface area contributed by atoms with Crippen LogP contribution in [0.3, 0.4) is 0 Å². The van der Waals surface area contributed by atoms with Gasteiger partial charge in [0.2, 0.25) is 5.91 Å². The molecule has 0 radical (unpaired) electrons. The average Bonchev–Trinajstić information content (AvgIpc) is 3.07. The van der Waals surface area contributed by atoms with Crippen LogP contribution in [0.1, 0.15) is 38.4 Å². The lowest BCUT2D eigenvalue weighted by molar-refractivity contribution is -0.122. The van der Waals surface area contributed by atoms with Crippen LogP contribution in [0.4, 0.5) is 0 Å². The highest BCUT2D eigenvalue weighted by molar-refractivity contribution is 5.76. The van der Waals surface area contributed by atoms with E-state index in [2.05, 4.69) is 17.6 Å². The number of nitrogens with one attached hydrogen (secondary N) is 2. The summed E-state index contributed by atoms with van der Waals surface area (Å²) in [7, 11) is 0. The number of hydrogen-bond acceptors (Lipinski definition) is 3. The van der Waals surface area contributed by atoms with Crippen molar-refractivity contribution in [1.82, 2.24) is 10.6 Å². The fourth-order valence-electron chi connectivity index (χ4n) is 2.53. The lowest BCUT2D eigenvalue weighted by Gasteiger charge is -2.14. The van der Waals surface area contributed by atoms with Crippen LogP contribution in [-0.4, -0.2) is 25.0 Å². The van der Waals surface area contributed by atoms with Gasteiger partial charge in [0, 0.05) is 18.9 Å². The van der Waals surface area contributed by atoms with E-state index in [-0.39, 0.29) is 11.9 Å². The van der Waals surface area contributed by atoms with Gasteiger partial charge in [0.25, 0.3) is 0 Å². The van der Waals surface area contributed by atoms with Crippen molar-refractivity contribution in [3.63, 3.8) is 0 Å². The third-order valence-electron chi connectivity index (χ3n) is 3.75. The molecular weight excluding hydrogens is 240 g/mol. The molecule has 4 nitrogen and oxygen atoms in total. The molecule has 1 aromatic rings. The van der Waals surface area contributed by atoms with Crippen molar-refractivity contribution in [2.24, 2.45) is 5.92 Å². The van der Waals surface area contributed by atoms with Gasteiger partial charge in [0.05, 0.1) is 6.26 Å². The van der Waals surface area contributed by atoms with E-state index in [1.807, 2.05) is 12.1 Å². The van der Waals surface area contributed by atoms with Crippen molar-refractivity contribution in [3.05, 3.63) is 24.2 Å². The first kappa shape index (κ1) is 14.1. The number of hydrogen-bond donors (Lipinski definition) is 2. The predicted octanol–water partition coefficient (Wildman–Crippen LogP) is 2.11. The van der Waals surface area contributed by atoms with Crippen molar-refractivity contribution >= 4 is 5.91 Å². The van der Waals surface area contributed by atoms with E-state index in [9.17, 15) is 4.79 Å². The monoisotopic (exact) mass is 264 g/mol. The Bertz CT molecular complexity index is 370. The first-order chi connectivity index (χ1) is 9.24. The van der Waals surface area contributed by atoms with Crippen molar-refractivity contribution in [2.75, 3.05) is 13.1 Å². The Labute approximate surface area is 114 Å². The maximum absolute atomic E-state index is 11.8. The van der Waals surface area contributed by atoms with Crippen LogP contribution in [0.5, 0.6) is 0 Å². The average molecular weight is 264 g/mol. The Morgan fingerprint density at radius 2 is 2.53 bits per heavy atom. The van der Waals surface area contributed by atoms with Crippen LogP contribution < -0.4 is 10.6 Å². The Morgan fingerprint density at radius 3 is 3.21 bits per heavy atom. The SMILES string of the molecule is CC(CCc1ccco1)NC(=O)CCC1CCNC1. The summed E-state index contributed by atoms with van der Waals surface area (Å²) in [5, 5.41) is 6.40. The van der Waals surface area contributed by atoms with E-state index in [0.29, 0.717) is 12.3 Å². The standard InChI is InChI=1S/C15H24N2O2/c1-12(4-6-14-3-2-10-19-14)17-15(18)7-5-13-8-9-16-11-13/h2-3,10,12-13,16H,4-9,11H2,1H3,(H,17,18). The van der Waals surface area contributed by atoms with Crippen molar-refractivity contribution in [2.45, 2.75) is 45.1 Å². The van der Waals surface area contributed by atoms with Crippen molar-refractivity contribution in [3.8, 4) is 0 Å². The zero-order chi connectivity index (χ0) is 13.5. The lowest BCUT2D eigenvalue weighted by Crippen LogP contribution is -2.33. The van der Waals surface area contributed by atoms with E-state index in [1.54, 1.807) is 6.26 Å². The molecule has 2 unspecified atom stereocenters. The van der Waals surface area contributed by atoms with Gasteiger partial charge < -0.3 is 15.1 Å². The molecule has 1 aliphatic rings. The summed E-state index contributed by atoms with van der Waals surface area (Å²) in [6.45, 7) is 4.23. The summed E-state index contributed by atoms with van der Waals surface area (Å²) in [4.78, 5) is 11.8. The summed E-state index contributed by atoms with van der Waals surface area (Å²) in [6.07, 6.45) is 6.35. The molecule has 2 N–H and O–H groups in total. The Kier molecular flexibility index (Phi) is 5.45. The molecule has 0 aliphatic carbocycles. The van der Waals surface area contributed by atoms with Crippen LogP contribution in [0.2, 0.25) is 0 Å². The van der Waals surface area contributed by atoms with Gasteiger partial charge in [-0.25, -0.2) is 0 Å². The normalized spacial score (nSPS) is 20.4. The molecule has 106 valence electrons. The first-order valence-electron chi connectivity index (χ1n) is 7.26. The van der Waals surface area contributed by atoms with Crippen molar-refractivity contribution in [1.29, 1.82) is 0 Å².